The number of methoxy groups -OCH3 is 2. The summed E-state index contributed by atoms with van der Waals surface area (Å²) in [6, 6.07) is 11.3. The molecule has 35 heavy (non-hydrogen) atoms. The van der Waals surface area contributed by atoms with Crippen LogP contribution >= 0.6 is 0 Å². The summed E-state index contributed by atoms with van der Waals surface area (Å²) in [7, 11) is 3.02. The van der Waals surface area contributed by atoms with Crippen LogP contribution in [-0.4, -0.2) is 38.6 Å². The third-order valence-corrected chi connectivity index (χ3v) is 5.50. The molecule has 11 nitrogen and oxygen atoms in total. The van der Waals surface area contributed by atoms with Crippen molar-refractivity contribution in [1.82, 2.24) is 5.16 Å². The number of fused-ring (bicyclic) bond motifs is 2. The van der Waals surface area contributed by atoms with E-state index in [9.17, 15) is 10.0 Å². The molecule has 1 aliphatic rings. The molecule has 1 aliphatic heterocycles. The highest BCUT2D eigenvalue weighted by atomic mass is 16.5. The summed E-state index contributed by atoms with van der Waals surface area (Å²) in [4.78, 5) is 14.4. The van der Waals surface area contributed by atoms with Gasteiger partial charge in [0.05, 0.1) is 37.9 Å². The van der Waals surface area contributed by atoms with Crippen molar-refractivity contribution in [3.63, 3.8) is 0 Å². The van der Waals surface area contributed by atoms with Crippen molar-refractivity contribution in [2.75, 3.05) is 37.6 Å². The number of pyridine rings is 1. The van der Waals surface area contributed by atoms with E-state index in [0.717, 1.165) is 4.73 Å². The van der Waals surface area contributed by atoms with Gasteiger partial charge in [-0.1, -0.05) is 5.16 Å². The molecule has 2 amide bonds. The van der Waals surface area contributed by atoms with E-state index in [0.29, 0.717) is 70.1 Å². The molecule has 3 heterocycles. The third-order valence-electron chi connectivity index (χ3n) is 5.50. The summed E-state index contributed by atoms with van der Waals surface area (Å²) >= 11 is 0. The molecular formula is C24H22N4O7. The monoisotopic (exact) mass is 478 g/mol. The molecule has 0 atom stereocenters. The lowest BCUT2D eigenvalue weighted by molar-refractivity contribution is -0.577. The second-order valence-corrected chi connectivity index (χ2v) is 7.71. The fraction of sp³-hybridized carbons (Fsp3) is 0.208. The van der Waals surface area contributed by atoms with Crippen LogP contribution in [0.3, 0.4) is 0 Å². The predicted octanol–water partition coefficient (Wildman–Crippen LogP) is 4.01. The number of rotatable bonds is 5. The van der Waals surface area contributed by atoms with Gasteiger partial charge in [0.25, 0.3) is 0 Å². The molecule has 0 spiro atoms. The first-order valence-electron chi connectivity index (χ1n) is 10.7. The molecule has 1 N–H and O–H groups in total. The number of benzene rings is 2. The Bertz CT molecular complexity index is 1420. The molecular weight excluding hydrogens is 456 g/mol. The number of hydrogen-bond donors (Lipinski definition) is 1. The number of carbonyl (C=O) groups is 1. The number of amides is 2. The van der Waals surface area contributed by atoms with Gasteiger partial charge in [-0.3, -0.25) is 10.2 Å². The molecule has 0 unspecified atom stereocenters. The summed E-state index contributed by atoms with van der Waals surface area (Å²) in [5, 5.41) is 19.4. The van der Waals surface area contributed by atoms with E-state index in [1.165, 1.54) is 20.4 Å². The molecule has 2 aromatic heterocycles. The number of anilines is 2. The molecule has 4 aromatic rings. The minimum atomic E-state index is -0.355. The Morgan fingerprint density at radius 1 is 1.11 bits per heavy atom. The van der Waals surface area contributed by atoms with Gasteiger partial charge < -0.3 is 28.7 Å². The molecule has 0 fully saturated rings. The Balaban J connectivity index is 1.44. The van der Waals surface area contributed by atoms with E-state index in [2.05, 4.69) is 10.5 Å². The Labute approximate surface area is 199 Å². The largest absolute Gasteiger partial charge is 0.618 e. The third kappa shape index (κ3) is 4.19. The van der Waals surface area contributed by atoms with Gasteiger partial charge in [0, 0.05) is 24.3 Å². The maximum atomic E-state index is 12.8. The number of hydrogen-bond acceptors (Lipinski definition) is 8. The molecule has 5 rings (SSSR count). The molecule has 0 aliphatic carbocycles. The first-order chi connectivity index (χ1) is 17.0. The Morgan fingerprint density at radius 3 is 2.66 bits per heavy atom. The van der Waals surface area contributed by atoms with Gasteiger partial charge in [-0.2, -0.15) is 4.73 Å². The fourth-order valence-corrected chi connectivity index (χ4v) is 3.85. The Hall–Kier alpha value is -4.67. The van der Waals surface area contributed by atoms with Crippen molar-refractivity contribution in [3.05, 3.63) is 59.6 Å². The normalized spacial score (nSPS) is 12.6. The van der Waals surface area contributed by atoms with Crippen molar-refractivity contribution in [2.24, 2.45) is 0 Å². The average molecular weight is 478 g/mol. The van der Waals surface area contributed by atoms with Crippen molar-refractivity contribution < 1.29 is 33.0 Å². The SMILES string of the molecule is COc1cc2c(Oc3ccc4c(c3)OCCN4C(=O)Nc3cc(C)on3)cc[n+]([O-])c2cc1OC. The van der Waals surface area contributed by atoms with Crippen molar-refractivity contribution >= 4 is 28.4 Å². The van der Waals surface area contributed by atoms with E-state index in [1.807, 2.05) is 0 Å². The maximum absolute atomic E-state index is 12.8. The predicted molar refractivity (Wildman–Crippen MR) is 126 cm³/mol. The minimum absolute atomic E-state index is 0.309. The van der Waals surface area contributed by atoms with Crippen LogP contribution in [0, 0.1) is 12.1 Å². The second-order valence-electron chi connectivity index (χ2n) is 7.71. The lowest BCUT2D eigenvalue weighted by Crippen LogP contribution is -2.40. The van der Waals surface area contributed by atoms with Crippen LogP contribution < -0.4 is 33.9 Å². The number of nitrogens with one attached hydrogen (secondary N) is 1. The number of ether oxygens (including phenoxy) is 4. The maximum Gasteiger partial charge on any atom is 0.327 e. The average Bonchev–Trinajstić information content (AvgIpc) is 3.28. The van der Waals surface area contributed by atoms with Gasteiger partial charge in [0.15, 0.2) is 23.5 Å². The highest BCUT2D eigenvalue weighted by molar-refractivity contribution is 6.02. The number of carbonyl (C=O) groups excluding carboxylic acids is 1. The summed E-state index contributed by atoms with van der Waals surface area (Å²) < 4.78 is 28.3. The van der Waals surface area contributed by atoms with Gasteiger partial charge in [0.2, 0.25) is 5.52 Å². The molecule has 0 saturated heterocycles. The molecule has 0 radical (unpaired) electrons. The van der Waals surface area contributed by atoms with Crippen molar-refractivity contribution in [2.45, 2.75) is 6.92 Å². The lowest BCUT2D eigenvalue weighted by atomic mass is 10.1. The van der Waals surface area contributed by atoms with Crippen LogP contribution in [0.25, 0.3) is 10.9 Å². The number of nitrogens with zero attached hydrogens (tertiary/aromatic N) is 3. The Morgan fingerprint density at radius 2 is 1.91 bits per heavy atom. The lowest BCUT2D eigenvalue weighted by Gasteiger charge is -2.29. The summed E-state index contributed by atoms with van der Waals surface area (Å²) in [6.07, 6.45) is 1.36. The number of urea groups is 1. The highest BCUT2D eigenvalue weighted by Crippen LogP contribution is 2.39. The number of aromatic nitrogens is 2. The van der Waals surface area contributed by atoms with Crippen LogP contribution in [0.1, 0.15) is 5.76 Å². The summed E-state index contributed by atoms with van der Waals surface area (Å²) in [6.45, 7) is 2.42. The standard InChI is InChI=1S/C24H22N4O7/c1-14-10-23(26-35-14)25-24(29)27-8-9-33-20-11-15(4-5-17(20)27)34-19-6-7-28(30)18-13-22(32-3)21(31-2)12-16(18)19/h4-7,10-13H,8-9H2,1-3H3,(H,25,26,29). The smallest absolute Gasteiger partial charge is 0.327 e. The molecule has 180 valence electrons. The first-order valence-corrected chi connectivity index (χ1v) is 10.7. The quantitative estimate of drug-likeness (QED) is 0.337. The highest BCUT2D eigenvalue weighted by Gasteiger charge is 2.25. The fourth-order valence-electron chi connectivity index (χ4n) is 3.85. The van der Waals surface area contributed by atoms with Gasteiger partial charge >= 0.3 is 6.03 Å². The van der Waals surface area contributed by atoms with E-state index >= 15 is 0 Å². The van der Waals surface area contributed by atoms with Gasteiger partial charge in [-0.25, -0.2) is 4.79 Å². The molecule has 0 saturated carbocycles. The van der Waals surface area contributed by atoms with Crippen LogP contribution in [-0.2, 0) is 0 Å². The molecule has 2 aromatic carbocycles. The van der Waals surface area contributed by atoms with Gasteiger partial charge in [-0.05, 0) is 19.1 Å². The van der Waals surface area contributed by atoms with Crippen molar-refractivity contribution in [3.8, 4) is 28.7 Å². The minimum Gasteiger partial charge on any atom is -0.618 e. The van der Waals surface area contributed by atoms with Crippen LogP contribution in [0.2, 0.25) is 0 Å². The topological polar surface area (TPSA) is 122 Å². The summed E-state index contributed by atoms with van der Waals surface area (Å²) in [5.41, 5.74) is 0.948. The van der Waals surface area contributed by atoms with E-state index < -0.39 is 0 Å². The van der Waals surface area contributed by atoms with Gasteiger partial charge in [-0.15, -0.1) is 0 Å². The zero-order valence-corrected chi connectivity index (χ0v) is 19.2. The van der Waals surface area contributed by atoms with Crippen LogP contribution in [0.5, 0.6) is 28.7 Å². The molecule has 0 bridgehead atoms. The van der Waals surface area contributed by atoms with E-state index in [1.54, 1.807) is 54.3 Å². The molecule has 11 heteroatoms. The van der Waals surface area contributed by atoms with Crippen LogP contribution in [0.4, 0.5) is 16.3 Å². The van der Waals surface area contributed by atoms with Gasteiger partial charge in [0.1, 0.15) is 29.6 Å². The first kappa shape index (κ1) is 22.1. The zero-order valence-electron chi connectivity index (χ0n) is 19.2. The Kier molecular flexibility index (Phi) is 5.65. The van der Waals surface area contributed by atoms with E-state index in [-0.39, 0.29) is 6.03 Å². The van der Waals surface area contributed by atoms with Crippen molar-refractivity contribution in [1.29, 1.82) is 0 Å². The second kappa shape index (κ2) is 8.93. The van der Waals surface area contributed by atoms with E-state index in [4.69, 9.17) is 23.5 Å². The number of aryl methyl sites for hydroxylation is 1. The van der Waals surface area contributed by atoms with Crippen LogP contribution in [0.15, 0.2) is 53.2 Å². The zero-order chi connectivity index (χ0) is 24.5. The summed E-state index contributed by atoms with van der Waals surface area (Å²) in [5.74, 6) is 3.23.